The Morgan fingerprint density at radius 3 is 2.50 bits per heavy atom. The topological polar surface area (TPSA) is 94.8 Å². The lowest BCUT2D eigenvalue weighted by molar-refractivity contribution is -0.109. The Balaban J connectivity index is 2.90. The minimum atomic E-state index is -1.22. The molecule has 0 aliphatic carbocycles. The molecule has 0 saturated carbocycles. The SMILES string of the molecule is CCC(=O)c1cc(C(O)C(O)CSC(C)=O)ccc1O. The Morgan fingerprint density at radius 2 is 1.95 bits per heavy atom. The maximum atomic E-state index is 11.6. The van der Waals surface area contributed by atoms with E-state index >= 15 is 0 Å². The number of aliphatic hydroxyl groups is 2. The molecule has 3 N–H and O–H groups in total. The maximum Gasteiger partial charge on any atom is 0.185 e. The van der Waals surface area contributed by atoms with Gasteiger partial charge in [0.25, 0.3) is 0 Å². The molecule has 1 rings (SSSR count). The summed E-state index contributed by atoms with van der Waals surface area (Å²) in [4.78, 5) is 22.5. The molecule has 0 spiro atoms. The quantitative estimate of drug-likeness (QED) is 0.691. The number of phenols is 1. The van der Waals surface area contributed by atoms with Crippen molar-refractivity contribution in [1.82, 2.24) is 0 Å². The smallest absolute Gasteiger partial charge is 0.185 e. The number of ketones is 1. The predicted molar refractivity (Wildman–Crippen MR) is 76.8 cm³/mol. The van der Waals surface area contributed by atoms with Gasteiger partial charge in [-0.05, 0) is 17.7 Å². The zero-order valence-electron chi connectivity index (χ0n) is 11.4. The van der Waals surface area contributed by atoms with Crippen LogP contribution in [0.2, 0.25) is 0 Å². The van der Waals surface area contributed by atoms with Gasteiger partial charge in [0.2, 0.25) is 0 Å². The van der Waals surface area contributed by atoms with Crippen LogP contribution >= 0.6 is 11.8 Å². The van der Waals surface area contributed by atoms with Gasteiger partial charge in [-0.3, -0.25) is 9.59 Å². The fourth-order valence-corrected chi connectivity index (χ4v) is 2.26. The lowest BCUT2D eigenvalue weighted by Crippen LogP contribution is -2.21. The fraction of sp³-hybridized carbons (Fsp3) is 0.429. The number of carbonyl (C=O) groups is 2. The first kappa shape index (κ1) is 16.7. The van der Waals surface area contributed by atoms with E-state index in [9.17, 15) is 24.9 Å². The third kappa shape index (κ3) is 4.33. The molecule has 1 aromatic rings. The van der Waals surface area contributed by atoms with Gasteiger partial charge < -0.3 is 15.3 Å². The summed E-state index contributed by atoms with van der Waals surface area (Å²) in [5.74, 6) is -0.335. The molecule has 110 valence electrons. The first-order chi connectivity index (χ1) is 9.36. The molecule has 0 saturated heterocycles. The number of hydrogen-bond acceptors (Lipinski definition) is 6. The third-order valence-electron chi connectivity index (χ3n) is 2.81. The zero-order valence-corrected chi connectivity index (χ0v) is 12.2. The summed E-state index contributed by atoms with van der Waals surface area (Å²) in [6.45, 7) is 3.05. The molecule has 2 unspecified atom stereocenters. The highest BCUT2D eigenvalue weighted by Gasteiger charge is 2.21. The molecule has 1 aromatic carbocycles. The number of Topliss-reactive ketones (excluding diaryl/α,β-unsaturated/α-hetero) is 1. The van der Waals surface area contributed by atoms with Crippen molar-refractivity contribution in [2.75, 3.05) is 5.75 Å². The first-order valence-corrected chi connectivity index (χ1v) is 7.21. The van der Waals surface area contributed by atoms with Crippen LogP contribution in [0.4, 0.5) is 0 Å². The van der Waals surface area contributed by atoms with Crippen molar-refractivity contribution in [3.05, 3.63) is 29.3 Å². The molecular formula is C14H18O5S. The summed E-state index contributed by atoms with van der Waals surface area (Å²) in [7, 11) is 0. The maximum absolute atomic E-state index is 11.6. The van der Waals surface area contributed by atoms with E-state index in [1.165, 1.54) is 25.1 Å². The minimum Gasteiger partial charge on any atom is -0.507 e. The summed E-state index contributed by atoms with van der Waals surface area (Å²) in [6.07, 6.45) is -2.11. The molecule has 0 bridgehead atoms. The highest BCUT2D eigenvalue weighted by atomic mass is 32.2. The van der Waals surface area contributed by atoms with Crippen LogP contribution in [0.25, 0.3) is 0 Å². The summed E-state index contributed by atoms with van der Waals surface area (Å²) in [5, 5.41) is 29.3. The van der Waals surface area contributed by atoms with Crippen molar-refractivity contribution in [2.45, 2.75) is 32.5 Å². The number of hydrogen-bond donors (Lipinski definition) is 3. The van der Waals surface area contributed by atoms with Gasteiger partial charge in [-0.25, -0.2) is 0 Å². The second-order valence-electron chi connectivity index (χ2n) is 4.37. The van der Waals surface area contributed by atoms with Crippen LogP contribution in [-0.4, -0.2) is 38.1 Å². The second-order valence-corrected chi connectivity index (χ2v) is 5.57. The summed E-state index contributed by atoms with van der Waals surface area (Å²) in [6, 6.07) is 4.12. The van der Waals surface area contributed by atoms with E-state index in [-0.39, 0.29) is 34.4 Å². The van der Waals surface area contributed by atoms with Crippen molar-refractivity contribution in [3.63, 3.8) is 0 Å². The van der Waals surface area contributed by atoms with Crippen molar-refractivity contribution in [3.8, 4) is 5.75 Å². The molecule has 0 radical (unpaired) electrons. The molecule has 20 heavy (non-hydrogen) atoms. The highest BCUT2D eigenvalue weighted by molar-refractivity contribution is 8.13. The highest BCUT2D eigenvalue weighted by Crippen LogP contribution is 2.26. The van der Waals surface area contributed by atoms with Crippen LogP contribution in [-0.2, 0) is 4.79 Å². The Hall–Kier alpha value is -1.37. The van der Waals surface area contributed by atoms with Crippen LogP contribution in [0.5, 0.6) is 5.75 Å². The lowest BCUT2D eigenvalue weighted by Gasteiger charge is -2.18. The average Bonchev–Trinajstić information content (AvgIpc) is 2.43. The fourth-order valence-electron chi connectivity index (χ4n) is 1.67. The van der Waals surface area contributed by atoms with E-state index in [0.29, 0.717) is 5.56 Å². The Kier molecular flexibility index (Phi) is 6.19. The molecule has 0 fully saturated rings. The first-order valence-electron chi connectivity index (χ1n) is 6.22. The Labute approximate surface area is 121 Å². The standard InChI is InChI=1S/C14H18O5S/c1-3-11(16)10-6-9(4-5-12(10)17)14(19)13(18)7-20-8(2)15/h4-6,13-14,17-19H,3,7H2,1-2H3. The minimum absolute atomic E-state index is 0.0639. The monoisotopic (exact) mass is 298 g/mol. The van der Waals surface area contributed by atoms with Gasteiger partial charge in [0, 0.05) is 19.1 Å². The molecule has 0 aliphatic heterocycles. The average molecular weight is 298 g/mol. The number of aliphatic hydroxyl groups excluding tert-OH is 2. The molecule has 0 heterocycles. The van der Waals surface area contributed by atoms with E-state index in [0.717, 1.165) is 11.8 Å². The lowest BCUT2D eigenvalue weighted by atomic mass is 9.99. The van der Waals surface area contributed by atoms with Crippen LogP contribution in [0.3, 0.4) is 0 Å². The summed E-state index contributed by atoms with van der Waals surface area (Å²) >= 11 is 0.915. The van der Waals surface area contributed by atoms with E-state index in [1.807, 2.05) is 0 Å². The molecule has 0 amide bonds. The number of rotatable bonds is 6. The number of benzene rings is 1. The van der Waals surface area contributed by atoms with Gasteiger partial charge in [-0.15, -0.1) is 0 Å². The summed E-state index contributed by atoms with van der Waals surface area (Å²) < 4.78 is 0. The van der Waals surface area contributed by atoms with Crippen molar-refractivity contribution in [1.29, 1.82) is 0 Å². The normalized spacial score (nSPS) is 13.8. The van der Waals surface area contributed by atoms with Crippen LogP contribution in [0.15, 0.2) is 18.2 Å². The van der Waals surface area contributed by atoms with Crippen molar-refractivity contribution in [2.24, 2.45) is 0 Å². The Morgan fingerprint density at radius 1 is 1.30 bits per heavy atom. The summed E-state index contributed by atoms with van der Waals surface area (Å²) in [5.41, 5.74) is 0.451. The molecule has 0 aliphatic rings. The molecule has 2 atom stereocenters. The van der Waals surface area contributed by atoms with E-state index < -0.39 is 12.2 Å². The molecule has 6 heteroatoms. The predicted octanol–water partition coefficient (Wildman–Crippen LogP) is 1.66. The van der Waals surface area contributed by atoms with Gasteiger partial charge in [0.1, 0.15) is 11.9 Å². The van der Waals surface area contributed by atoms with Gasteiger partial charge in [0.05, 0.1) is 11.7 Å². The number of aromatic hydroxyl groups is 1. The molecule has 5 nitrogen and oxygen atoms in total. The van der Waals surface area contributed by atoms with Gasteiger partial charge >= 0.3 is 0 Å². The molecule has 0 aromatic heterocycles. The zero-order chi connectivity index (χ0) is 15.3. The molecular weight excluding hydrogens is 280 g/mol. The number of phenolic OH excluding ortho intramolecular Hbond substituents is 1. The van der Waals surface area contributed by atoms with Gasteiger partial charge in [0.15, 0.2) is 10.9 Å². The van der Waals surface area contributed by atoms with Gasteiger partial charge in [-0.2, -0.15) is 0 Å². The van der Waals surface area contributed by atoms with E-state index in [2.05, 4.69) is 0 Å². The van der Waals surface area contributed by atoms with Crippen LogP contribution in [0, 0.1) is 0 Å². The van der Waals surface area contributed by atoms with Crippen LogP contribution in [0.1, 0.15) is 42.3 Å². The third-order valence-corrected chi connectivity index (χ3v) is 3.72. The van der Waals surface area contributed by atoms with E-state index in [1.54, 1.807) is 6.92 Å². The number of carbonyl (C=O) groups excluding carboxylic acids is 2. The van der Waals surface area contributed by atoms with Gasteiger partial charge in [-0.1, -0.05) is 24.8 Å². The number of thioether (sulfide) groups is 1. The van der Waals surface area contributed by atoms with E-state index in [4.69, 9.17) is 0 Å². The second kappa shape index (κ2) is 7.42. The van der Waals surface area contributed by atoms with Crippen LogP contribution < -0.4 is 0 Å². The van der Waals surface area contributed by atoms with Crippen molar-refractivity contribution >= 4 is 22.7 Å². The van der Waals surface area contributed by atoms with Crippen molar-refractivity contribution < 1.29 is 24.9 Å². The largest absolute Gasteiger partial charge is 0.507 e. The Bertz CT molecular complexity index is 500.